The summed E-state index contributed by atoms with van der Waals surface area (Å²) in [4.78, 5) is 38.1. The fourth-order valence-corrected chi connectivity index (χ4v) is 3.83. The summed E-state index contributed by atoms with van der Waals surface area (Å²) in [6, 6.07) is 15.4. The van der Waals surface area contributed by atoms with Crippen molar-refractivity contribution in [2.75, 3.05) is 11.9 Å². The molecule has 1 atom stereocenters. The predicted molar refractivity (Wildman–Crippen MR) is 112 cm³/mol. The van der Waals surface area contributed by atoms with Gasteiger partial charge in [-0.25, -0.2) is 4.39 Å². The Labute approximate surface area is 181 Å². The van der Waals surface area contributed by atoms with Crippen LogP contribution in [0.15, 0.2) is 66.7 Å². The van der Waals surface area contributed by atoms with E-state index in [-0.39, 0.29) is 10.6 Å². The molecule has 0 spiro atoms. The van der Waals surface area contributed by atoms with Crippen molar-refractivity contribution in [1.82, 2.24) is 4.90 Å². The van der Waals surface area contributed by atoms with Gasteiger partial charge in [-0.2, -0.15) is 0 Å². The van der Waals surface area contributed by atoms with Gasteiger partial charge in [0.2, 0.25) is 5.91 Å². The highest BCUT2D eigenvalue weighted by Gasteiger charge is 2.36. The fraction of sp³-hybridized carbons (Fsp3) is 0.0909. The monoisotopic (exact) mass is 439 g/mol. The number of nitrogens with zero attached hydrogens (tertiary/aromatic N) is 2. The maximum absolute atomic E-state index is 14.2. The molecule has 2 amide bonds. The standard InChI is InChI=1S/C22H15ClFN3O4/c23-14-6-9-19(27(30)31)17(10-14)22(29)26-12-20(28)25-18-8-7-15(24)11-16(18)21(26)13-4-2-1-3-5-13/h1-11,21H,12H2,(H,25,28)/t21-/m0/s1. The summed E-state index contributed by atoms with van der Waals surface area (Å²) in [7, 11) is 0. The van der Waals surface area contributed by atoms with Crippen molar-refractivity contribution in [2.24, 2.45) is 0 Å². The summed E-state index contributed by atoms with van der Waals surface area (Å²) in [5, 5.41) is 14.3. The molecule has 0 aromatic heterocycles. The number of rotatable bonds is 3. The third-order valence-electron chi connectivity index (χ3n) is 4.97. The van der Waals surface area contributed by atoms with Crippen LogP contribution in [0.3, 0.4) is 0 Å². The quantitative estimate of drug-likeness (QED) is 0.478. The number of anilines is 1. The Morgan fingerprint density at radius 2 is 1.87 bits per heavy atom. The second-order valence-electron chi connectivity index (χ2n) is 6.94. The minimum atomic E-state index is -0.864. The number of fused-ring (bicyclic) bond motifs is 1. The molecular formula is C22H15ClFN3O4. The molecule has 0 unspecified atom stereocenters. The van der Waals surface area contributed by atoms with Gasteiger partial charge in [-0.3, -0.25) is 19.7 Å². The van der Waals surface area contributed by atoms with E-state index in [0.717, 1.165) is 6.07 Å². The molecule has 1 aliphatic rings. The molecular weight excluding hydrogens is 425 g/mol. The number of nitro groups is 1. The second kappa shape index (κ2) is 8.16. The molecule has 1 heterocycles. The van der Waals surface area contributed by atoms with Crippen LogP contribution in [0.5, 0.6) is 0 Å². The first-order valence-electron chi connectivity index (χ1n) is 9.24. The van der Waals surface area contributed by atoms with Crippen molar-refractivity contribution >= 4 is 34.8 Å². The molecule has 1 aliphatic heterocycles. The molecule has 0 saturated heterocycles. The summed E-state index contributed by atoms with van der Waals surface area (Å²) in [5.41, 5.74) is 0.631. The number of amides is 2. The van der Waals surface area contributed by atoms with Crippen LogP contribution >= 0.6 is 11.6 Å². The molecule has 0 saturated carbocycles. The Morgan fingerprint density at radius 1 is 1.13 bits per heavy atom. The lowest BCUT2D eigenvalue weighted by molar-refractivity contribution is -0.385. The van der Waals surface area contributed by atoms with Gasteiger partial charge in [-0.1, -0.05) is 41.9 Å². The van der Waals surface area contributed by atoms with Crippen LogP contribution in [0.1, 0.15) is 27.5 Å². The molecule has 7 nitrogen and oxygen atoms in total. The van der Waals surface area contributed by atoms with Crippen molar-refractivity contribution in [3.63, 3.8) is 0 Å². The molecule has 0 fully saturated rings. The lowest BCUT2D eigenvalue weighted by Gasteiger charge is -2.30. The lowest BCUT2D eigenvalue weighted by atomic mass is 9.95. The van der Waals surface area contributed by atoms with E-state index in [1.807, 2.05) is 0 Å². The number of benzene rings is 3. The van der Waals surface area contributed by atoms with Gasteiger partial charge in [0, 0.05) is 22.3 Å². The van der Waals surface area contributed by atoms with E-state index in [2.05, 4.69) is 5.32 Å². The highest BCUT2D eigenvalue weighted by Crippen LogP contribution is 2.38. The van der Waals surface area contributed by atoms with Crippen LogP contribution in [0.4, 0.5) is 15.8 Å². The number of nitro benzene ring substituents is 1. The fourth-order valence-electron chi connectivity index (χ4n) is 3.65. The van der Waals surface area contributed by atoms with Crippen LogP contribution in [0.2, 0.25) is 5.02 Å². The smallest absolute Gasteiger partial charge is 0.282 e. The first-order valence-corrected chi connectivity index (χ1v) is 9.62. The minimum Gasteiger partial charge on any atom is -0.324 e. The van der Waals surface area contributed by atoms with Crippen molar-refractivity contribution in [1.29, 1.82) is 0 Å². The SMILES string of the molecule is O=C1CN(C(=O)c2cc(Cl)ccc2[N+](=O)[O-])[C@@H](c2ccccc2)c2cc(F)ccc2N1. The number of hydrogen-bond acceptors (Lipinski definition) is 4. The van der Waals surface area contributed by atoms with Crippen LogP contribution < -0.4 is 5.32 Å². The summed E-state index contributed by atoms with van der Waals surface area (Å²) >= 11 is 6.00. The third-order valence-corrected chi connectivity index (χ3v) is 5.20. The Morgan fingerprint density at radius 3 is 2.58 bits per heavy atom. The number of halogens is 2. The number of hydrogen-bond donors (Lipinski definition) is 1. The molecule has 3 aromatic rings. The zero-order valence-corrected chi connectivity index (χ0v) is 16.7. The van der Waals surface area contributed by atoms with Crippen LogP contribution in [0, 0.1) is 15.9 Å². The second-order valence-corrected chi connectivity index (χ2v) is 7.38. The first-order chi connectivity index (χ1) is 14.8. The molecule has 31 heavy (non-hydrogen) atoms. The largest absolute Gasteiger partial charge is 0.324 e. The zero-order chi connectivity index (χ0) is 22.1. The van der Waals surface area contributed by atoms with Gasteiger partial charge in [-0.15, -0.1) is 0 Å². The topological polar surface area (TPSA) is 92.5 Å². The van der Waals surface area contributed by atoms with E-state index < -0.39 is 40.8 Å². The molecule has 9 heteroatoms. The highest BCUT2D eigenvalue weighted by molar-refractivity contribution is 6.31. The summed E-state index contributed by atoms with van der Waals surface area (Å²) in [6.45, 7) is -0.391. The maximum atomic E-state index is 14.2. The van der Waals surface area contributed by atoms with Gasteiger partial charge in [0.25, 0.3) is 11.6 Å². The predicted octanol–water partition coefficient (Wildman–Crippen LogP) is 4.57. The molecule has 1 N–H and O–H groups in total. The first kappa shape index (κ1) is 20.5. The van der Waals surface area contributed by atoms with Crippen LogP contribution in [-0.4, -0.2) is 28.2 Å². The van der Waals surface area contributed by atoms with E-state index in [9.17, 15) is 24.1 Å². The van der Waals surface area contributed by atoms with Crippen LogP contribution in [-0.2, 0) is 4.79 Å². The molecule has 0 radical (unpaired) electrons. The molecule has 3 aromatic carbocycles. The summed E-state index contributed by atoms with van der Waals surface area (Å²) < 4.78 is 14.2. The van der Waals surface area contributed by atoms with Gasteiger partial charge in [0.15, 0.2) is 0 Å². The van der Waals surface area contributed by atoms with E-state index in [1.54, 1.807) is 30.3 Å². The number of nitrogens with one attached hydrogen (secondary N) is 1. The Bertz CT molecular complexity index is 1200. The molecule has 0 bridgehead atoms. The van der Waals surface area contributed by atoms with Crippen LogP contribution in [0.25, 0.3) is 0 Å². The van der Waals surface area contributed by atoms with Crippen molar-refractivity contribution in [3.05, 3.63) is 104 Å². The highest BCUT2D eigenvalue weighted by atomic mass is 35.5. The average molecular weight is 440 g/mol. The van der Waals surface area contributed by atoms with Gasteiger partial charge in [0.05, 0.1) is 11.0 Å². The molecule has 0 aliphatic carbocycles. The van der Waals surface area contributed by atoms with Gasteiger partial charge < -0.3 is 10.2 Å². The Balaban J connectivity index is 1.93. The van der Waals surface area contributed by atoms with Gasteiger partial charge in [-0.05, 0) is 35.9 Å². The van der Waals surface area contributed by atoms with E-state index in [4.69, 9.17) is 11.6 Å². The van der Waals surface area contributed by atoms with Gasteiger partial charge >= 0.3 is 0 Å². The molecule has 4 rings (SSSR count). The van der Waals surface area contributed by atoms with Crippen molar-refractivity contribution in [2.45, 2.75) is 6.04 Å². The third kappa shape index (κ3) is 3.97. The minimum absolute atomic E-state index is 0.135. The average Bonchev–Trinajstić information content (AvgIpc) is 2.89. The zero-order valence-electron chi connectivity index (χ0n) is 15.9. The number of carbonyl (C=O) groups excluding carboxylic acids is 2. The summed E-state index contributed by atoms with van der Waals surface area (Å²) in [6.07, 6.45) is 0. The van der Waals surface area contributed by atoms with Gasteiger partial charge in [0.1, 0.15) is 17.9 Å². The maximum Gasteiger partial charge on any atom is 0.282 e. The normalized spacial score (nSPS) is 15.6. The van der Waals surface area contributed by atoms with Crippen molar-refractivity contribution < 1.29 is 18.9 Å². The Hall–Kier alpha value is -3.78. The van der Waals surface area contributed by atoms with E-state index in [0.29, 0.717) is 16.8 Å². The Kier molecular flexibility index (Phi) is 5.39. The number of carbonyl (C=O) groups is 2. The molecule has 156 valence electrons. The van der Waals surface area contributed by atoms with E-state index >= 15 is 0 Å². The van der Waals surface area contributed by atoms with E-state index in [1.165, 1.54) is 35.2 Å². The lowest BCUT2D eigenvalue weighted by Crippen LogP contribution is -2.39. The summed E-state index contributed by atoms with van der Waals surface area (Å²) in [5.74, 6) is -1.82. The van der Waals surface area contributed by atoms with Crippen molar-refractivity contribution in [3.8, 4) is 0 Å².